The molecule has 1 aromatic rings. The number of carbonyl (C=O) groups is 1. The van der Waals surface area contributed by atoms with Crippen LogP contribution in [0.2, 0.25) is 0 Å². The number of nitrogens with zero attached hydrogens (tertiary/aromatic N) is 5. The smallest absolute Gasteiger partial charge is 0.230 e. The number of piperidine rings is 2. The van der Waals surface area contributed by atoms with Gasteiger partial charge in [-0.3, -0.25) is 4.79 Å². The van der Waals surface area contributed by atoms with Gasteiger partial charge in [0.1, 0.15) is 11.9 Å². The Morgan fingerprint density at radius 2 is 2.03 bits per heavy atom. The minimum Gasteiger partial charge on any atom is -0.472 e. The first-order valence-electron chi connectivity index (χ1n) is 12.3. The van der Waals surface area contributed by atoms with Gasteiger partial charge in [-0.15, -0.1) is 0 Å². The third-order valence-electron chi connectivity index (χ3n) is 6.88. The van der Waals surface area contributed by atoms with Crippen molar-refractivity contribution in [3.05, 3.63) is 17.8 Å². The quantitative estimate of drug-likeness (QED) is 0.457. The molecule has 0 aliphatic carbocycles. The summed E-state index contributed by atoms with van der Waals surface area (Å²) < 4.78 is 11.5. The molecule has 10 nitrogen and oxygen atoms in total. The zero-order chi connectivity index (χ0) is 24.2. The van der Waals surface area contributed by atoms with Crippen LogP contribution in [0.25, 0.3) is 0 Å². The molecule has 0 spiro atoms. The number of fused-ring (bicyclic) bond motifs is 2. The second kappa shape index (κ2) is 10.6. The molecule has 4 rings (SSSR count). The normalized spacial score (nSPS) is 27.6. The predicted octanol–water partition coefficient (Wildman–Crippen LogP) is 2.25. The molecule has 4 N–H and O–H groups in total. The van der Waals surface area contributed by atoms with Gasteiger partial charge in [-0.25, -0.2) is 4.99 Å². The van der Waals surface area contributed by atoms with Gasteiger partial charge >= 0.3 is 0 Å². The van der Waals surface area contributed by atoms with Crippen LogP contribution < -0.4 is 21.1 Å². The average Bonchev–Trinajstić information content (AvgIpc) is 3.29. The van der Waals surface area contributed by atoms with Crippen LogP contribution in [-0.4, -0.2) is 71.1 Å². The molecule has 1 unspecified atom stereocenters. The van der Waals surface area contributed by atoms with Crippen molar-refractivity contribution in [3.8, 4) is 5.88 Å². The molecule has 1 amide bonds. The van der Waals surface area contributed by atoms with E-state index in [0.717, 1.165) is 32.1 Å². The van der Waals surface area contributed by atoms with E-state index in [1.807, 2.05) is 14.0 Å². The van der Waals surface area contributed by atoms with Crippen LogP contribution >= 0.6 is 0 Å². The molecular weight excluding hydrogens is 434 g/mol. The number of ether oxygens (including phenoxy) is 2. The molecular formula is C24H37N7O3. The van der Waals surface area contributed by atoms with E-state index < -0.39 is 0 Å². The van der Waals surface area contributed by atoms with Crippen molar-refractivity contribution in [3.63, 3.8) is 0 Å². The largest absolute Gasteiger partial charge is 0.472 e. The van der Waals surface area contributed by atoms with Crippen LogP contribution in [-0.2, 0) is 9.53 Å². The monoisotopic (exact) mass is 471 g/mol. The maximum atomic E-state index is 12.6. The predicted molar refractivity (Wildman–Crippen MR) is 131 cm³/mol. The molecule has 3 fully saturated rings. The molecule has 3 saturated heterocycles. The van der Waals surface area contributed by atoms with Gasteiger partial charge in [-0.05, 0) is 45.1 Å². The molecule has 4 atom stereocenters. The number of amidine groups is 1. The van der Waals surface area contributed by atoms with Crippen LogP contribution in [0.4, 0.5) is 11.8 Å². The molecule has 186 valence electrons. The number of allylic oxidation sites excluding steroid dienone is 1. The van der Waals surface area contributed by atoms with E-state index in [4.69, 9.17) is 25.9 Å². The number of amides is 1. The summed E-state index contributed by atoms with van der Waals surface area (Å²) in [5.74, 6) is 1.93. The highest BCUT2D eigenvalue weighted by molar-refractivity contribution is 5.93. The number of rotatable bonds is 7. The van der Waals surface area contributed by atoms with E-state index in [2.05, 4.69) is 19.8 Å². The fourth-order valence-corrected chi connectivity index (χ4v) is 5.27. The van der Waals surface area contributed by atoms with Gasteiger partial charge in [0, 0.05) is 49.8 Å². The third-order valence-corrected chi connectivity index (χ3v) is 6.88. The highest BCUT2D eigenvalue weighted by Crippen LogP contribution is 2.37. The first-order valence-corrected chi connectivity index (χ1v) is 12.3. The van der Waals surface area contributed by atoms with Gasteiger partial charge in [0.25, 0.3) is 0 Å². The number of anilines is 1. The first kappa shape index (κ1) is 24.3. The van der Waals surface area contributed by atoms with E-state index in [1.54, 1.807) is 19.1 Å². The Morgan fingerprint density at radius 3 is 2.65 bits per heavy atom. The summed E-state index contributed by atoms with van der Waals surface area (Å²) in [6.07, 6.45) is 8.01. The molecule has 2 bridgehead atoms. The number of hydrogen-bond donors (Lipinski definition) is 2. The second-order valence-electron chi connectivity index (χ2n) is 9.52. The van der Waals surface area contributed by atoms with E-state index in [9.17, 15) is 4.79 Å². The summed E-state index contributed by atoms with van der Waals surface area (Å²) in [5.41, 5.74) is 12.3. The van der Waals surface area contributed by atoms with Crippen molar-refractivity contribution in [1.29, 1.82) is 0 Å². The number of aromatic nitrogens is 2. The maximum absolute atomic E-state index is 12.6. The maximum Gasteiger partial charge on any atom is 0.230 e. The van der Waals surface area contributed by atoms with Crippen molar-refractivity contribution in [2.24, 2.45) is 16.5 Å². The van der Waals surface area contributed by atoms with Gasteiger partial charge < -0.3 is 30.7 Å². The summed E-state index contributed by atoms with van der Waals surface area (Å²) >= 11 is 0. The lowest BCUT2D eigenvalue weighted by atomic mass is 9.81. The average molecular weight is 472 g/mol. The van der Waals surface area contributed by atoms with Crippen LogP contribution in [0.1, 0.15) is 58.8 Å². The zero-order valence-corrected chi connectivity index (χ0v) is 20.4. The fourth-order valence-electron chi connectivity index (χ4n) is 5.27. The number of aliphatic imine (C=N–C) groups is 1. The summed E-state index contributed by atoms with van der Waals surface area (Å²) in [5, 5.41) is 0. The van der Waals surface area contributed by atoms with E-state index in [1.165, 1.54) is 6.42 Å². The molecule has 0 radical (unpaired) electrons. The molecule has 34 heavy (non-hydrogen) atoms. The van der Waals surface area contributed by atoms with E-state index in [-0.39, 0.29) is 36.0 Å². The van der Waals surface area contributed by atoms with Gasteiger partial charge in [0.2, 0.25) is 17.7 Å². The Balaban J connectivity index is 1.59. The minimum atomic E-state index is -0.0453. The Kier molecular flexibility index (Phi) is 7.55. The summed E-state index contributed by atoms with van der Waals surface area (Å²) in [4.78, 5) is 30.6. The van der Waals surface area contributed by atoms with Crippen molar-refractivity contribution >= 4 is 23.5 Å². The lowest BCUT2D eigenvalue weighted by Crippen LogP contribution is -2.58. The van der Waals surface area contributed by atoms with Crippen molar-refractivity contribution in [2.75, 3.05) is 25.2 Å². The molecule has 3 aliphatic heterocycles. The standard InChI is InChI=1S/C24H37N7O3/c1-4-23(32)31-16-6-5-7-17(31)12-18(11-16)30(3)24-28-21(27-20(26)10-15(2)25)13-22(29-24)34-19-8-9-33-14-19/h10,13,16-19H,4-9,11-12,14,25H2,1-3H3,(H2,26,27,28,29)/b15-10-/t16-,17+,18?,19-/m1/s1. The highest BCUT2D eigenvalue weighted by Gasteiger charge is 2.41. The van der Waals surface area contributed by atoms with Crippen LogP contribution in [0.15, 0.2) is 22.8 Å². The molecule has 4 heterocycles. The molecule has 1 aromatic heterocycles. The highest BCUT2D eigenvalue weighted by atomic mass is 16.5. The van der Waals surface area contributed by atoms with Gasteiger partial charge in [0.15, 0.2) is 5.82 Å². The SMILES string of the molecule is CCC(=O)N1[C@@H]2CCC[C@H]1CC(N(C)c1nc(N=C(N)/C=C(/C)N)cc(O[C@@H]3CCOC3)n1)C2. The number of hydrogen-bond acceptors (Lipinski definition) is 8. The minimum absolute atomic E-state index is 0.0453. The Morgan fingerprint density at radius 1 is 1.29 bits per heavy atom. The molecule has 0 saturated carbocycles. The van der Waals surface area contributed by atoms with Crippen molar-refractivity contribution < 1.29 is 14.3 Å². The van der Waals surface area contributed by atoms with E-state index in [0.29, 0.717) is 43.0 Å². The lowest BCUT2D eigenvalue weighted by Gasteiger charge is -2.50. The summed E-state index contributed by atoms with van der Waals surface area (Å²) in [6.45, 7) is 4.92. The Hall–Kier alpha value is -2.88. The fraction of sp³-hybridized carbons (Fsp3) is 0.667. The Bertz CT molecular complexity index is 926. The third kappa shape index (κ3) is 5.60. The van der Waals surface area contributed by atoms with Gasteiger partial charge in [0.05, 0.1) is 13.2 Å². The Labute approximate surface area is 201 Å². The molecule has 3 aliphatic rings. The summed E-state index contributed by atoms with van der Waals surface area (Å²) in [6, 6.07) is 2.46. The zero-order valence-electron chi connectivity index (χ0n) is 20.4. The van der Waals surface area contributed by atoms with Crippen LogP contribution in [0.5, 0.6) is 5.88 Å². The van der Waals surface area contributed by atoms with Crippen molar-refractivity contribution in [2.45, 2.75) is 83.0 Å². The number of carbonyl (C=O) groups excluding carboxylic acids is 1. The molecule has 0 aromatic carbocycles. The topological polar surface area (TPSA) is 132 Å². The lowest BCUT2D eigenvalue weighted by molar-refractivity contribution is -0.140. The van der Waals surface area contributed by atoms with Crippen LogP contribution in [0, 0.1) is 0 Å². The summed E-state index contributed by atoms with van der Waals surface area (Å²) in [7, 11) is 2.01. The van der Waals surface area contributed by atoms with Gasteiger partial charge in [-0.2, -0.15) is 9.97 Å². The van der Waals surface area contributed by atoms with Gasteiger partial charge in [-0.1, -0.05) is 6.92 Å². The van der Waals surface area contributed by atoms with Crippen molar-refractivity contribution in [1.82, 2.24) is 14.9 Å². The first-order chi connectivity index (χ1) is 16.3. The van der Waals surface area contributed by atoms with Crippen LogP contribution in [0.3, 0.4) is 0 Å². The number of nitrogens with two attached hydrogens (primary N) is 2. The molecule has 10 heteroatoms. The van der Waals surface area contributed by atoms with E-state index >= 15 is 0 Å². The second-order valence-corrected chi connectivity index (χ2v) is 9.52.